The van der Waals surface area contributed by atoms with Crippen LogP contribution in [-0.2, 0) is 0 Å². The third-order valence-electron chi connectivity index (χ3n) is 5.39. The van der Waals surface area contributed by atoms with Gasteiger partial charge in [-0.25, -0.2) is 17.6 Å². The molecule has 1 aliphatic rings. The highest BCUT2D eigenvalue weighted by atomic mass is 35.5. The Morgan fingerprint density at radius 1 is 1.10 bits per heavy atom. The van der Waals surface area contributed by atoms with Crippen molar-refractivity contribution in [1.29, 1.82) is 0 Å². The van der Waals surface area contributed by atoms with E-state index in [1.807, 2.05) is 0 Å². The first-order chi connectivity index (χ1) is 13.7. The average molecular weight is 425 g/mol. The van der Waals surface area contributed by atoms with Crippen molar-refractivity contribution in [3.05, 3.63) is 64.3 Å². The zero-order chi connectivity index (χ0) is 20.8. The summed E-state index contributed by atoms with van der Waals surface area (Å²) in [6.45, 7) is 0. The maximum Gasteiger partial charge on any atom is 0.255 e. The first kappa shape index (κ1) is 19.8. The highest BCUT2D eigenvalue weighted by molar-refractivity contribution is 6.32. The predicted octanol–water partition coefficient (Wildman–Crippen LogP) is 6.64. The van der Waals surface area contributed by atoms with Crippen molar-refractivity contribution in [2.75, 3.05) is 5.32 Å². The minimum absolute atomic E-state index is 0.0641. The lowest BCUT2D eigenvalue weighted by Gasteiger charge is -2.29. The molecular formula is C21H17ClF4N2O. The van der Waals surface area contributed by atoms with E-state index in [1.54, 1.807) is 12.1 Å². The monoisotopic (exact) mass is 424 g/mol. The number of anilines is 1. The van der Waals surface area contributed by atoms with Crippen LogP contribution >= 0.6 is 11.6 Å². The molecule has 29 heavy (non-hydrogen) atoms. The van der Waals surface area contributed by atoms with Crippen molar-refractivity contribution in [1.82, 2.24) is 4.98 Å². The summed E-state index contributed by atoms with van der Waals surface area (Å²) >= 11 is 6.33. The number of hydrogen-bond acceptors (Lipinski definition) is 1. The van der Waals surface area contributed by atoms with Crippen molar-refractivity contribution >= 4 is 34.1 Å². The Bertz CT molecular complexity index is 1090. The first-order valence-electron chi connectivity index (χ1n) is 9.18. The van der Waals surface area contributed by atoms with Gasteiger partial charge in [-0.3, -0.25) is 4.79 Å². The molecule has 0 aliphatic heterocycles. The second-order valence-corrected chi connectivity index (χ2v) is 7.74. The largest absolute Gasteiger partial charge is 0.359 e. The summed E-state index contributed by atoms with van der Waals surface area (Å²) in [6, 6.07) is 6.79. The van der Waals surface area contributed by atoms with Crippen molar-refractivity contribution in [2.24, 2.45) is 0 Å². The Kier molecular flexibility index (Phi) is 5.02. The quantitative estimate of drug-likeness (QED) is 0.454. The molecule has 1 heterocycles. The average Bonchev–Trinajstić information content (AvgIpc) is 3.04. The first-order valence-corrected chi connectivity index (χ1v) is 9.56. The Labute approximate surface area is 169 Å². The molecule has 2 N–H and O–H groups in total. The van der Waals surface area contributed by atoms with E-state index in [0.29, 0.717) is 34.5 Å². The zero-order valence-electron chi connectivity index (χ0n) is 15.2. The van der Waals surface area contributed by atoms with Gasteiger partial charge in [0.15, 0.2) is 11.6 Å². The van der Waals surface area contributed by atoms with Gasteiger partial charge in [-0.1, -0.05) is 17.7 Å². The standard InChI is InChI=1S/C21H17ClF4N2O/c22-15-7-12(1-2-13(15)11-3-5-21(25,26)6-4-11)20(29)28-19-10-27-18-9-17(24)16(23)8-14(18)19/h1-2,7-11,27H,3-6H2,(H,28,29). The van der Waals surface area contributed by atoms with E-state index in [0.717, 1.165) is 17.7 Å². The smallest absolute Gasteiger partial charge is 0.255 e. The Morgan fingerprint density at radius 2 is 1.79 bits per heavy atom. The number of aromatic nitrogens is 1. The number of aromatic amines is 1. The van der Waals surface area contributed by atoms with Crippen molar-refractivity contribution < 1.29 is 22.4 Å². The van der Waals surface area contributed by atoms with E-state index in [-0.39, 0.29) is 24.3 Å². The summed E-state index contributed by atoms with van der Waals surface area (Å²) in [5.74, 6) is -5.16. The summed E-state index contributed by atoms with van der Waals surface area (Å²) < 4.78 is 53.6. The van der Waals surface area contributed by atoms with Crippen LogP contribution < -0.4 is 5.32 Å². The molecule has 0 spiro atoms. The van der Waals surface area contributed by atoms with Gasteiger partial charge in [0.25, 0.3) is 5.91 Å². The zero-order valence-corrected chi connectivity index (χ0v) is 15.9. The molecule has 0 bridgehead atoms. The molecule has 1 aliphatic carbocycles. The van der Waals surface area contributed by atoms with E-state index >= 15 is 0 Å². The molecule has 2 aromatic carbocycles. The molecule has 1 amide bonds. The number of rotatable bonds is 3. The van der Waals surface area contributed by atoms with Crippen LogP contribution in [0.3, 0.4) is 0 Å². The third kappa shape index (κ3) is 3.96. The van der Waals surface area contributed by atoms with Crippen molar-refractivity contribution in [2.45, 2.75) is 37.5 Å². The lowest BCUT2D eigenvalue weighted by molar-refractivity contribution is -0.0382. The minimum atomic E-state index is -2.62. The van der Waals surface area contributed by atoms with Gasteiger partial charge in [-0.05, 0) is 42.5 Å². The number of H-pyrrole nitrogens is 1. The number of hydrogen-bond donors (Lipinski definition) is 2. The van der Waals surface area contributed by atoms with Crippen LogP contribution in [0.1, 0.15) is 47.5 Å². The molecule has 0 atom stereocenters. The fourth-order valence-corrected chi connectivity index (χ4v) is 4.10. The van der Waals surface area contributed by atoms with Gasteiger partial charge in [0, 0.05) is 41.1 Å². The van der Waals surface area contributed by atoms with Crippen LogP contribution in [0.4, 0.5) is 23.2 Å². The molecule has 1 aromatic heterocycles. The Balaban J connectivity index is 1.53. The van der Waals surface area contributed by atoms with E-state index in [1.165, 1.54) is 12.3 Å². The van der Waals surface area contributed by atoms with E-state index in [9.17, 15) is 22.4 Å². The fraction of sp³-hybridized carbons (Fsp3) is 0.286. The molecule has 3 aromatic rings. The number of amides is 1. The van der Waals surface area contributed by atoms with E-state index in [2.05, 4.69) is 10.3 Å². The van der Waals surface area contributed by atoms with Gasteiger partial charge in [0.2, 0.25) is 5.92 Å². The molecular weight excluding hydrogens is 408 g/mol. The minimum Gasteiger partial charge on any atom is -0.359 e. The summed E-state index contributed by atoms with van der Waals surface area (Å²) in [5, 5.41) is 3.33. The third-order valence-corrected chi connectivity index (χ3v) is 5.72. The van der Waals surface area contributed by atoms with Crippen LogP contribution in [0.25, 0.3) is 10.9 Å². The van der Waals surface area contributed by atoms with E-state index < -0.39 is 23.5 Å². The maximum atomic E-state index is 13.5. The lowest BCUT2D eigenvalue weighted by Crippen LogP contribution is -2.23. The summed E-state index contributed by atoms with van der Waals surface area (Å²) in [7, 11) is 0. The van der Waals surface area contributed by atoms with Crippen LogP contribution in [0, 0.1) is 11.6 Å². The molecule has 0 radical (unpaired) electrons. The van der Waals surface area contributed by atoms with Crippen LogP contribution in [0.2, 0.25) is 5.02 Å². The normalized spacial score (nSPS) is 16.9. The van der Waals surface area contributed by atoms with Gasteiger partial charge in [-0.15, -0.1) is 0 Å². The highest BCUT2D eigenvalue weighted by Crippen LogP contribution is 2.42. The lowest BCUT2D eigenvalue weighted by atomic mass is 9.82. The SMILES string of the molecule is O=C(Nc1c[nH]c2cc(F)c(F)cc12)c1ccc(C2CCC(F)(F)CC2)c(Cl)c1. The maximum absolute atomic E-state index is 13.5. The fourth-order valence-electron chi connectivity index (χ4n) is 3.77. The topological polar surface area (TPSA) is 44.9 Å². The second kappa shape index (κ2) is 7.37. The second-order valence-electron chi connectivity index (χ2n) is 7.33. The molecule has 3 nitrogen and oxygen atoms in total. The molecule has 0 saturated heterocycles. The molecule has 1 saturated carbocycles. The predicted molar refractivity (Wildman–Crippen MR) is 104 cm³/mol. The van der Waals surface area contributed by atoms with Crippen molar-refractivity contribution in [3.8, 4) is 0 Å². The Morgan fingerprint density at radius 3 is 2.48 bits per heavy atom. The van der Waals surface area contributed by atoms with Crippen LogP contribution in [-0.4, -0.2) is 16.8 Å². The van der Waals surface area contributed by atoms with Crippen LogP contribution in [0.15, 0.2) is 36.5 Å². The molecule has 8 heteroatoms. The van der Waals surface area contributed by atoms with Gasteiger partial charge >= 0.3 is 0 Å². The molecule has 1 fully saturated rings. The number of alkyl halides is 2. The summed E-state index contributed by atoms with van der Waals surface area (Å²) in [4.78, 5) is 15.4. The van der Waals surface area contributed by atoms with Crippen molar-refractivity contribution in [3.63, 3.8) is 0 Å². The Hall–Kier alpha value is -2.54. The number of carbonyl (C=O) groups is 1. The number of carbonyl (C=O) groups excluding carboxylic acids is 1. The van der Waals surface area contributed by atoms with Gasteiger partial charge in [0.1, 0.15) is 0 Å². The van der Waals surface area contributed by atoms with Gasteiger partial charge in [0.05, 0.1) is 11.2 Å². The van der Waals surface area contributed by atoms with Crippen LogP contribution in [0.5, 0.6) is 0 Å². The van der Waals surface area contributed by atoms with Gasteiger partial charge < -0.3 is 10.3 Å². The molecule has 0 unspecified atom stereocenters. The highest BCUT2D eigenvalue weighted by Gasteiger charge is 2.35. The van der Waals surface area contributed by atoms with Gasteiger partial charge in [-0.2, -0.15) is 0 Å². The molecule has 4 rings (SSSR count). The summed E-state index contributed by atoms with van der Waals surface area (Å²) in [5.41, 5.74) is 1.68. The van der Waals surface area contributed by atoms with E-state index in [4.69, 9.17) is 11.6 Å². The number of fused-ring (bicyclic) bond motifs is 1. The number of nitrogens with one attached hydrogen (secondary N) is 2. The summed E-state index contributed by atoms with van der Waals surface area (Å²) in [6.07, 6.45) is 1.78. The number of halogens is 5. The number of benzene rings is 2. The molecule has 152 valence electrons.